The molecule has 0 spiro atoms. The van der Waals surface area contributed by atoms with Crippen LogP contribution in [0.25, 0.3) is 0 Å². The van der Waals surface area contributed by atoms with Crippen LogP contribution in [0.15, 0.2) is 16.8 Å². The summed E-state index contributed by atoms with van der Waals surface area (Å²) in [5.41, 5.74) is 10.6. The fraction of sp³-hybridized carbons (Fsp3) is 0.727. The molecule has 1 fully saturated rings. The van der Waals surface area contributed by atoms with E-state index < -0.39 is 11.7 Å². The Balaban J connectivity index is 2.35. The first-order valence-corrected chi connectivity index (χ1v) is 6.07. The van der Waals surface area contributed by atoms with Crippen molar-refractivity contribution in [2.75, 3.05) is 20.1 Å². The van der Waals surface area contributed by atoms with Gasteiger partial charge in [-0.3, -0.25) is 15.1 Å². The molecule has 4 N–H and O–H groups in total. The predicted molar refractivity (Wildman–Crippen MR) is 68.7 cm³/mol. The van der Waals surface area contributed by atoms with Gasteiger partial charge in [0.2, 0.25) is 0 Å². The number of rotatable bonds is 2. The fourth-order valence-corrected chi connectivity index (χ4v) is 2.92. The average Bonchev–Trinajstić information content (AvgIpc) is 2.31. The van der Waals surface area contributed by atoms with Crippen LogP contribution in [-0.4, -0.2) is 47.9 Å². The molecule has 1 saturated heterocycles. The Bertz CT molecular complexity index is 400. The fourth-order valence-electron chi connectivity index (χ4n) is 2.92. The van der Waals surface area contributed by atoms with Crippen LogP contribution in [0, 0.1) is 16.0 Å². The summed E-state index contributed by atoms with van der Waals surface area (Å²) in [4.78, 5) is 17.4. The van der Waals surface area contributed by atoms with Crippen LogP contribution < -0.4 is 11.5 Å². The molecule has 2 unspecified atom stereocenters. The summed E-state index contributed by atoms with van der Waals surface area (Å²) < 4.78 is 0. The summed E-state index contributed by atoms with van der Waals surface area (Å²) in [6.45, 7) is 1.65. The molecule has 0 radical (unpaired) electrons. The van der Waals surface area contributed by atoms with Gasteiger partial charge < -0.3 is 16.4 Å². The van der Waals surface area contributed by atoms with Crippen LogP contribution >= 0.6 is 0 Å². The zero-order valence-electron chi connectivity index (χ0n) is 10.5. The van der Waals surface area contributed by atoms with E-state index in [-0.39, 0.29) is 16.5 Å². The van der Waals surface area contributed by atoms with Crippen LogP contribution in [0.3, 0.4) is 0 Å². The maximum atomic E-state index is 11.6. The first kappa shape index (κ1) is 13.0. The van der Waals surface area contributed by atoms with Crippen molar-refractivity contribution in [1.82, 2.24) is 4.90 Å². The molecule has 100 valence electrons. The van der Waals surface area contributed by atoms with E-state index in [9.17, 15) is 10.1 Å². The minimum atomic E-state index is -1.43. The van der Waals surface area contributed by atoms with Gasteiger partial charge in [0.15, 0.2) is 6.17 Å². The molecule has 0 aromatic carbocycles. The number of likely N-dealkylation sites (tertiary alicyclic amines) is 1. The third-order valence-electron chi connectivity index (χ3n) is 4.06. The molecule has 2 rings (SSSR count). The van der Waals surface area contributed by atoms with Crippen molar-refractivity contribution in [3.05, 3.63) is 21.9 Å². The molecule has 18 heavy (non-hydrogen) atoms. The lowest BCUT2D eigenvalue weighted by Crippen LogP contribution is -2.63. The summed E-state index contributed by atoms with van der Waals surface area (Å²) in [5.74, 6) is -0.160. The molecule has 0 amide bonds. The van der Waals surface area contributed by atoms with Gasteiger partial charge >= 0.3 is 0 Å². The van der Waals surface area contributed by atoms with Crippen LogP contribution in [0.2, 0.25) is 0 Å². The number of dihydropyridines is 1. The number of nitro groups is 1. The molecule has 0 saturated carbocycles. The van der Waals surface area contributed by atoms with Crippen LogP contribution in [-0.2, 0) is 0 Å². The minimum absolute atomic E-state index is 0.160. The van der Waals surface area contributed by atoms with Gasteiger partial charge in [0, 0.05) is 17.1 Å². The van der Waals surface area contributed by atoms with Gasteiger partial charge in [0.25, 0.3) is 5.54 Å². The Labute approximate surface area is 106 Å². The standard InChI is InChI=1S/C11H19N5O2/c1-15-6-3-8(4-7-15)11(16(17)18)9(12)2-5-14-10(11)13/h2,5,8,10H,3-4,6-7,12-13H2,1H3. The van der Waals surface area contributed by atoms with Crippen molar-refractivity contribution < 1.29 is 4.92 Å². The zero-order chi connectivity index (χ0) is 13.3. The summed E-state index contributed by atoms with van der Waals surface area (Å²) in [5, 5.41) is 11.6. The number of aliphatic imine (C=N–C) groups is 1. The maximum absolute atomic E-state index is 11.6. The molecule has 0 bridgehead atoms. The first-order chi connectivity index (χ1) is 8.49. The normalized spacial score (nSPS) is 34.3. The molecule has 2 atom stereocenters. The van der Waals surface area contributed by atoms with Crippen molar-refractivity contribution in [3.63, 3.8) is 0 Å². The summed E-state index contributed by atoms with van der Waals surface area (Å²) in [7, 11) is 2.01. The molecule has 7 nitrogen and oxygen atoms in total. The van der Waals surface area contributed by atoms with Gasteiger partial charge in [0.05, 0.1) is 5.70 Å². The second-order valence-corrected chi connectivity index (χ2v) is 5.02. The molecule has 0 aromatic heterocycles. The molecule has 0 aliphatic carbocycles. The molecule has 2 aliphatic rings. The number of piperidine rings is 1. The number of allylic oxidation sites excluding steroid dienone is 1. The first-order valence-electron chi connectivity index (χ1n) is 6.07. The van der Waals surface area contributed by atoms with Gasteiger partial charge in [-0.25, -0.2) is 0 Å². The molecular weight excluding hydrogens is 234 g/mol. The maximum Gasteiger partial charge on any atom is 0.298 e. The van der Waals surface area contributed by atoms with E-state index in [0.29, 0.717) is 0 Å². The van der Waals surface area contributed by atoms with Crippen molar-refractivity contribution in [1.29, 1.82) is 0 Å². The lowest BCUT2D eigenvalue weighted by molar-refractivity contribution is -0.574. The highest BCUT2D eigenvalue weighted by Gasteiger charge is 2.59. The third kappa shape index (κ3) is 1.79. The number of nitrogens with zero attached hydrogens (tertiary/aromatic N) is 3. The summed E-state index contributed by atoms with van der Waals surface area (Å²) in [6.07, 6.45) is 3.50. The monoisotopic (exact) mass is 253 g/mol. The van der Waals surface area contributed by atoms with Gasteiger partial charge in [0.1, 0.15) is 0 Å². The largest absolute Gasteiger partial charge is 0.396 e. The molecule has 7 heteroatoms. The minimum Gasteiger partial charge on any atom is -0.396 e. The molecule has 0 aromatic rings. The topological polar surface area (TPSA) is 111 Å². The Hall–Kier alpha value is -1.47. The van der Waals surface area contributed by atoms with E-state index in [1.807, 2.05) is 7.05 Å². The Kier molecular flexibility index (Phi) is 3.36. The quantitative estimate of drug-likeness (QED) is 0.511. The highest BCUT2D eigenvalue weighted by atomic mass is 16.6. The Morgan fingerprint density at radius 3 is 2.67 bits per heavy atom. The lowest BCUT2D eigenvalue weighted by atomic mass is 9.73. The summed E-state index contributed by atoms with van der Waals surface area (Å²) in [6, 6.07) is 0. The second-order valence-electron chi connectivity index (χ2n) is 5.02. The van der Waals surface area contributed by atoms with Crippen LogP contribution in [0.5, 0.6) is 0 Å². The van der Waals surface area contributed by atoms with Crippen LogP contribution in [0.1, 0.15) is 12.8 Å². The van der Waals surface area contributed by atoms with E-state index in [2.05, 4.69) is 9.89 Å². The average molecular weight is 253 g/mol. The van der Waals surface area contributed by atoms with Gasteiger partial charge in [-0.1, -0.05) is 0 Å². The lowest BCUT2D eigenvalue weighted by Gasteiger charge is -2.40. The van der Waals surface area contributed by atoms with Gasteiger partial charge in [-0.15, -0.1) is 0 Å². The third-order valence-corrected chi connectivity index (χ3v) is 4.06. The van der Waals surface area contributed by atoms with Crippen molar-refractivity contribution in [3.8, 4) is 0 Å². The Morgan fingerprint density at radius 2 is 2.17 bits per heavy atom. The molecular formula is C11H19N5O2. The van der Waals surface area contributed by atoms with E-state index in [0.717, 1.165) is 25.9 Å². The second kappa shape index (κ2) is 4.66. The number of hydrogen-bond donors (Lipinski definition) is 2. The van der Waals surface area contributed by atoms with Crippen LogP contribution in [0.4, 0.5) is 0 Å². The SMILES string of the molecule is CN1CCC(C2([N+](=O)[O-])C(N)=CC=NC2N)CC1. The predicted octanol–water partition coefficient (Wildman–Crippen LogP) is -0.444. The molecule has 2 aliphatic heterocycles. The van der Waals surface area contributed by atoms with E-state index in [1.165, 1.54) is 12.3 Å². The Morgan fingerprint density at radius 1 is 1.56 bits per heavy atom. The van der Waals surface area contributed by atoms with E-state index >= 15 is 0 Å². The van der Waals surface area contributed by atoms with E-state index in [1.54, 1.807) is 0 Å². The number of nitrogens with two attached hydrogens (primary N) is 2. The molecule has 2 heterocycles. The smallest absolute Gasteiger partial charge is 0.298 e. The highest BCUT2D eigenvalue weighted by Crippen LogP contribution is 2.38. The summed E-state index contributed by atoms with van der Waals surface area (Å²) >= 11 is 0. The zero-order valence-corrected chi connectivity index (χ0v) is 10.5. The van der Waals surface area contributed by atoms with Gasteiger partial charge in [-0.05, 0) is 39.1 Å². The highest BCUT2D eigenvalue weighted by molar-refractivity contribution is 5.74. The van der Waals surface area contributed by atoms with Crippen molar-refractivity contribution in [2.24, 2.45) is 22.4 Å². The van der Waals surface area contributed by atoms with Gasteiger partial charge in [-0.2, -0.15) is 0 Å². The number of hydrogen-bond acceptors (Lipinski definition) is 6. The van der Waals surface area contributed by atoms with E-state index in [4.69, 9.17) is 11.5 Å². The van der Waals surface area contributed by atoms with Crippen molar-refractivity contribution >= 4 is 6.21 Å². The van der Waals surface area contributed by atoms with Crippen molar-refractivity contribution in [2.45, 2.75) is 24.5 Å².